The molecule has 0 heterocycles. The third-order valence-corrected chi connectivity index (χ3v) is 1.65. The summed E-state index contributed by atoms with van der Waals surface area (Å²) in [4.78, 5) is 21.5. The summed E-state index contributed by atoms with van der Waals surface area (Å²) in [7, 11) is 0. The predicted octanol–water partition coefficient (Wildman–Crippen LogP) is 0.0204. The molecule has 0 spiro atoms. The van der Waals surface area contributed by atoms with E-state index in [-0.39, 0.29) is 11.3 Å². The van der Waals surface area contributed by atoms with Crippen LogP contribution in [0.15, 0.2) is 24.3 Å². The van der Waals surface area contributed by atoms with Gasteiger partial charge in [-0.15, -0.1) is 0 Å². The second kappa shape index (κ2) is 3.89. The summed E-state index contributed by atoms with van der Waals surface area (Å²) in [5.74, 6) is -3.02. The van der Waals surface area contributed by atoms with Crippen molar-refractivity contribution in [2.45, 2.75) is 6.10 Å². The van der Waals surface area contributed by atoms with Crippen LogP contribution in [0.5, 0.6) is 5.75 Å². The molecule has 1 rings (SSSR count). The third kappa shape index (κ3) is 1.89. The summed E-state index contributed by atoms with van der Waals surface area (Å²) in [6.07, 6.45) is -2.14. The van der Waals surface area contributed by atoms with Gasteiger partial charge in [-0.05, 0) is 12.1 Å². The number of hydrogen-bond donors (Lipinski definition) is 3. The Morgan fingerprint density at radius 2 is 1.79 bits per heavy atom. The number of rotatable bonds is 3. The largest absolute Gasteiger partial charge is 0.507 e. The first-order chi connectivity index (χ1) is 6.54. The Hall–Kier alpha value is -1.88. The first kappa shape index (κ1) is 10.2. The molecule has 0 bridgehead atoms. The fourth-order valence-electron chi connectivity index (χ4n) is 0.941. The predicted molar refractivity (Wildman–Crippen MR) is 46.1 cm³/mol. The van der Waals surface area contributed by atoms with Crippen LogP contribution in [0.2, 0.25) is 0 Å². The summed E-state index contributed by atoms with van der Waals surface area (Å²) in [5.41, 5.74) is -0.206. The first-order valence-electron chi connectivity index (χ1n) is 3.77. The number of aromatic hydroxyl groups is 1. The van der Waals surface area contributed by atoms with Crippen molar-refractivity contribution < 1.29 is 24.9 Å². The fraction of sp³-hybridized carbons (Fsp3) is 0.111. The summed E-state index contributed by atoms with van der Waals surface area (Å²) in [5, 5.41) is 26.5. The van der Waals surface area contributed by atoms with E-state index in [1.165, 1.54) is 24.3 Å². The number of aliphatic hydroxyl groups is 1. The summed E-state index contributed by atoms with van der Waals surface area (Å²) < 4.78 is 0. The van der Waals surface area contributed by atoms with Crippen molar-refractivity contribution in [3.8, 4) is 5.75 Å². The molecule has 0 aliphatic heterocycles. The van der Waals surface area contributed by atoms with E-state index in [1.54, 1.807) is 0 Å². The van der Waals surface area contributed by atoms with Crippen molar-refractivity contribution in [3.63, 3.8) is 0 Å². The van der Waals surface area contributed by atoms with Crippen LogP contribution < -0.4 is 0 Å². The molecule has 3 N–H and O–H groups in total. The zero-order chi connectivity index (χ0) is 10.7. The zero-order valence-electron chi connectivity index (χ0n) is 7.04. The molecule has 1 aromatic carbocycles. The molecule has 0 amide bonds. The fourth-order valence-corrected chi connectivity index (χ4v) is 0.941. The molecule has 0 fully saturated rings. The van der Waals surface area contributed by atoms with Gasteiger partial charge in [-0.3, -0.25) is 4.79 Å². The number of benzene rings is 1. The molecule has 74 valence electrons. The van der Waals surface area contributed by atoms with Gasteiger partial charge in [-0.1, -0.05) is 12.1 Å². The second-order valence-electron chi connectivity index (χ2n) is 2.62. The number of phenols is 1. The third-order valence-electron chi connectivity index (χ3n) is 1.65. The Bertz CT molecular complexity index is 371. The van der Waals surface area contributed by atoms with E-state index in [2.05, 4.69) is 0 Å². The molecule has 0 aliphatic carbocycles. The van der Waals surface area contributed by atoms with E-state index in [4.69, 9.17) is 10.2 Å². The number of carbonyl (C=O) groups excluding carboxylic acids is 1. The Labute approximate surface area is 79.2 Å². The first-order valence-corrected chi connectivity index (χ1v) is 3.77. The van der Waals surface area contributed by atoms with Gasteiger partial charge in [0.2, 0.25) is 11.9 Å². The molecule has 1 aromatic rings. The molecule has 1 atom stereocenters. The molecular formula is C9H8O5. The Morgan fingerprint density at radius 3 is 2.29 bits per heavy atom. The molecule has 0 radical (unpaired) electrons. The normalized spacial score (nSPS) is 12.1. The van der Waals surface area contributed by atoms with Crippen LogP contribution in [-0.4, -0.2) is 33.2 Å². The highest BCUT2D eigenvalue weighted by molar-refractivity contribution is 6.11. The van der Waals surface area contributed by atoms with Gasteiger partial charge < -0.3 is 15.3 Å². The van der Waals surface area contributed by atoms with E-state index < -0.39 is 17.9 Å². The topological polar surface area (TPSA) is 94.8 Å². The number of phenolic OH excluding ortho intramolecular Hbond substituents is 1. The molecule has 0 saturated heterocycles. The summed E-state index contributed by atoms with van der Waals surface area (Å²) in [6, 6.07) is 5.42. The van der Waals surface area contributed by atoms with Crippen LogP contribution in [0.3, 0.4) is 0 Å². The molecule has 5 heteroatoms. The van der Waals surface area contributed by atoms with Crippen molar-refractivity contribution in [2.24, 2.45) is 0 Å². The van der Waals surface area contributed by atoms with Crippen molar-refractivity contribution in [1.29, 1.82) is 0 Å². The maximum absolute atomic E-state index is 11.2. The number of aliphatic carboxylic acids is 1. The highest BCUT2D eigenvalue weighted by Gasteiger charge is 2.25. The monoisotopic (exact) mass is 196 g/mol. The quantitative estimate of drug-likeness (QED) is 0.468. The van der Waals surface area contributed by atoms with E-state index in [1.807, 2.05) is 0 Å². The number of para-hydroxylation sites is 1. The minimum Gasteiger partial charge on any atom is -0.507 e. The van der Waals surface area contributed by atoms with Gasteiger partial charge in [0.15, 0.2) is 0 Å². The average molecular weight is 196 g/mol. The molecular weight excluding hydrogens is 188 g/mol. The van der Waals surface area contributed by atoms with Gasteiger partial charge in [0.05, 0.1) is 5.56 Å². The maximum atomic E-state index is 11.2. The highest BCUT2D eigenvalue weighted by atomic mass is 16.4. The van der Waals surface area contributed by atoms with Crippen molar-refractivity contribution in [3.05, 3.63) is 29.8 Å². The van der Waals surface area contributed by atoms with Gasteiger partial charge in [-0.25, -0.2) is 4.79 Å². The van der Waals surface area contributed by atoms with Crippen molar-refractivity contribution in [2.75, 3.05) is 0 Å². The lowest BCUT2D eigenvalue weighted by atomic mass is 10.1. The maximum Gasteiger partial charge on any atom is 0.340 e. The van der Waals surface area contributed by atoms with Crippen LogP contribution in [0.25, 0.3) is 0 Å². The molecule has 1 unspecified atom stereocenters. The van der Waals surface area contributed by atoms with Crippen LogP contribution in [0.1, 0.15) is 10.4 Å². The molecule has 14 heavy (non-hydrogen) atoms. The molecule has 0 aliphatic rings. The van der Waals surface area contributed by atoms with Gasteiger partial charge in [-0.2, -0.15) is 0 Å². The standard InChI is InChI=1S/C9H8O5/c10-6-4-2-1-3-5(6)7(11)8(12)9(13)14/h1-4,8,10,12H,(H,13,14). The lowest BCUT2D eigenvalue weighted by Gasteiger charge is -2.05. The molecule has 0 aromatic heterocycles. The highest BCUT2D eigenvalue weighted by Crippen LogP contribution is 2.17. The minimum atomic E-state index is -2.14. The SMILES string of the molecule is O=C(O)C(O)C(=O)c1ccccc1O. The second-order valence-corrected chi connectivity index (χ2v) is 2.62. The van der Waals surface area contributed by atoms with Gasteiger partial charge in [0.25, 0.3) is 0 Å². The van der Waals surface area contributed by atoms with Crippen LogP contribution in [0, 0.1) is 0 Å². The van der Waals surface area contributed by atoms with Gasteiger partial charge >= 0.3 is 5.97 Å². The Balaban J connectivity index is 3.01. The number of ketones is 1. The number of carboxylic acids is 1. The van der Waals surface area contributed by atoms with E-state index in [9.17, 15) is 14.7 Å². The zero-order valence-corrected chi connectivity index (χ0v) is 7.04. The lowest BCUT2D eigenvalue weighted by Crippen LogP contribution is -2.29. The van der Waals surface area contributed by atoms with E-state index >= 15 is 0 Å². The smallest absolute Gasteiger partial charge is 0.340 e. The van der Waals surface area contributed by atoms with E-state index in [0.29, 0.717) is 0 Å². The van der Waals surface area contributed by atoms with Crippen LogP contribution >= 0.6 is 0 Å². The Morgan fingerprint density at radius 1 is 1.21 bits per heavy atom. The van der Waals surface area contributed by atoms with Crippen molar-refractivity contribution in [1.82, 2.24) is 0 Å². The van der Waals surface area contributed by atoms with E-state index in [0.717, 1.165) is 0 Å². The lowest BCUT2D eigenvalue weighted by molar-refractivity contribution is -0.143. The van der Waals surface area contributed by atoms with Gasteiger partial charge in [0.1, 0.15) is 5.75 Å². The minimum absolute atomic E-state index is 0.206. The summed E-state index contributed by atoms with van der Waals surface area (Å²) >= 11 is 0. The average Bonchev–Trinajstić information content (AvgIpc) is 2.16. The number of Topliss-reactive ketones (excluding diaryl/α,β-unsaturated/α-hetero) is 1. The Kier molecular flexibility index (Phi) is 2.83. The number of carbonyl (C=O) groups is 2. The number of carboxylic acid groups (broad SMARTS) is 1. The van der Waals surface area contributed by atoms with Gasteiger partial charge in [0, 0.05) is 0 Å². The summed E-state index contributed by atoms with van der Waals surface area (Å²) in [6.45, 7) is 0. The van der Waals surface area contributed by atoms with Crippen molar-refractivity contribution >= 4 is 11.8 Å². The van der Waals surface area contributed by atoms with Crippen LogP contribution in [0.4, 0.5) is 0 Å². The molecule has 0 saturated carbocycles. The van der Waals surface area contributed by atoms with Crippen LogP contribution in [-0.2, 0) is 4.79 Å². The molecule has 5 nitrogen and oxygen atoms in total. The number of hydrogen-bond acceptors (Lipinski definition) is 4. The number of aliphatic hydroxyl groups excluding tert-OH is 1.